The standard InChI is InChI=1S/C20H24Cl2N2O6/c1-20(2,3)23-8-15(25)11-6-13(21)17(14(22)7-11)24-10-30-9-12(18(26)28-4)16(24)19(27)29-5/h6-7,23H,8-10H2,1-5H3. The Morgan fingerprint density at radius 2 is 1.67 bits per heavy atom. The minimum absolute atomic E-state index is 0.0303. The first kappa shape index (κ1) is 24.1. The van der Waals surface area contributed by atoms with Crippen molar-refractivity contribution in [3.8, 4) is 0 Å². The van der Waals surface area contributed by atoms with Gasteiger partial charge < -0.3 is 24.4 Å². The lowest BCUT2D eigenvalue weighted by Crippen LogP contribution is -2.39. The van der Waals surface area contributed by atoms with Crippen molar-refractivity contribution < 1.29 is 28.6 Å². The number of anilines is 1. The number of nitrogens with one attached hydrogen (secondary N) is 1. The highest BCUT2D eigenvalue weighted by atomic mass is 35.5. The van der Waals surface area contributed by atoms with Gasteiger partial charge in [-0.25, -0.2) is 9.59 Å². The summed E-state index contributed by atoms with van der Waals surface area (Å²) in [5, 5.41) is 3.32. The van der Waals surface area contributed by atoms with Crippen molar-refractivity contribution in [1.29, 1.82) is 0 Å². The molecular formula is C20H24Cl2N2O6. The zero-order valence-electron chi connectivity index (χ0n) is 17.4. The van der Waals surface area contributed by atoms with Crippen LogP contribution in [0.25, 0.3) is 0 Å². The number of hydrogen-bond acceptors (Lipinski definition) is 8. The quantitative estimate of drug-likeness (QED) is 0.513. The van der Waals surface area contributed by atoms with Gasteiger partial charge in [-0.1, -0.05) is 23.2 Å². The van der Waals surface area contributed by atoms with Crippen molar-refractivity contribution in [2.45, 2.75) is 26.3 Å². The minimum atomic E-state index is -0.777. The topological polar surface area (TPSA) is 94.2 Å². The normalized spacial score (nSPS) is 14.6. The molecule has 1 aliphatic rings. The van der Waals surface area contributed by atoms with Gasteiger partial charge in [0, 0.05) is 11.1 Å². The predicted octanol–water partition coefficient (Wildman–Crippen LogP) is 2.96. The van der Waals surface area contributed by atoms with Gasteiger partial charge in [0.2, 0.25) is 0 Å². The van der Waals surface area contributed by atoms with E-state index in [9.17, 15) is 14.4 Å². The Bertz CT molecular complexity index is 869. The van der Waals surface area contributed by atoms with Gasteiger partial charge in [0.15, 0.2) is 5.78 Å². The number of ether oxygens (including phenoxy) is 3. The average Bonchev–Trinajstić information content (AvgIpc) is 2.69. The van der Waals surface area contributed by atoms with E-state index < -0.39 is 11.9 Å². The molecular weight excluding hydrogens is 435 g/mol. The van der Waals surface area contributed by atoms with Crippen molar-refractivity contribution >= 4 is 46.6 Å². The second-order valence-corrected chi connectivity index (χ2v) is 8.35. The number of carbonyl (C=O) groups excluding carboxylic acids is 3. The summed E-state index contributed by atoms with van der Waals surface area (Å²) in [6, 6.07) is 2.91. The lowest BCUT2D eigenvalue weighted by molar-refractivity contribution is -0.140. The summed E-state index contributed by atoms with van der Waals surface area (Å²) in [4.78, 5) is 38.4. The van der Waals surface area contributed by atoms with Crippen LogP contribution in [-0.4, -0.2) is 57.4 Å². The molecule has 1 aliphatic heterocycles. The summed E-state index contributed by atoms with van der Waals surface area (Å²) in [6.45, 7) is 5.68. The number of hydrogen-bond donors (Lipinski definition) is 1. The van der Waals surface area contributed by atoms with Gasteiger partial charge in [-0.2, -0.15) is 0 Å². The highest BCUT2D eigenvalue weighted by molar-refractivity contribution is 6.40. The zero-order valence-corrected chi connectivity index (χ0v) is 18.9. The summed E-state index contributed by atoms with van der Waals surface area (Å²) in [6.07, 6.45) is 0. The van der Waals surface area contributed by atoms with Gasteiger partial charge in [-0.05, 0) is 32.9 Å². The van der Waals surface area contributed by atoms with Crippen LogP contribution in [0.2, 0.25) is 10.0 Å². The molecule has 30 heavy (non-hydrogen) atoms. The molecule has 0 saturated heterocycles. The van der Waals surface area contributed by atoms with Crippen LogP contribution in [0, 0.1) is 0 Å². The molecule has 1 heterocycles. The fraction of sp³-hybridized carbons (Fsp3) is 0.450. The molecule has 10 heteroatoms. The van der Waals surface area contributed by atoms with E-state index in [0.717, 1.165) is 0 Å². The minimum Gasteiger partial charge on any atom is -0.466 e. The summed E-state index contributed by atoms with van der Waals surface area (Å²) >= 11 is 12.9. The van der Waals surface area contributed by atoms with Gasteiger partial charge >= 0.3 is 11.9 Å². The largest absolute Gasteiger partial charge is 0.466 e. The molecule has 0 saturated carbocycles. The molecule has 164 valence electrons. The highest BCUT2D eigenvalue weighted by Gasteiger charge is 2.34. The van der Waals surface area contributed by atoms with E-state index in [1.807, 2.05) is 20.8 Å². The van der Waals surface area contributed by atoms with Crippen LogP contribution in [-0.2, 0) is 23.8 Å². The maximum absolute atomic E-state index is 12.5. The Balaban J connectivity index is 2.48. The second kappa shape index (κ2) is 9.78. The fourth-order valence-electron chi connectivity index (χ4n) is 2.75. The first-order valence-electron chi connectivity index (χ1n) is 9.02. The first-order chi connectivity index (χ1) is 14.0. The van der Waals surface area contributed by atoms with E-state index in [0.29, 0.717) is 5.56 Å². The Morgan fingerprint density at radius 1 is 1.10 bits per heavy atom. The van der Waals surface area contributed by atoms with Gasteiger partial charge in [-0.15, -0.1) is 0 Å². The first-order valence-corrected chi connectivity index (χ1v) is 9.78. The molecule has 1 aromatic rings. The highest BCUT2D eigenvalue weighted by Crippen LogP contribution is 2.39. The van der Waals surface area contributed by atoms with Gasteiger partial charge in [0.25, 0.3) is 0 Å². The van der Waals surface area contributed by atoms with Gasteiger partial charge in [0.05, 0.1) is 48.7 Å². The van der Waals surface area contributed by atoms with Crippen LogP contribution in [0.1, 0.15) is 31.1 Å². The van der Waals surface area contributed by atoms with E-state index >= 15 is 0 Å². The van der Waals surface area contributed by atoms with Crippen molar-refractivity contribution in [3.05, 3.63) is 39.0 Å². The molecule has 0 atom stereocenters. The fourth-order valence-corrected chi connectivity index (χ4v) is 3.44. The molecule has 1 N–H and O–H groups in total. The Labute approximate surface area is 185 Å². The number of esters is 2. The lowest BCUT2D eigenvalue weighted by Gasteiger charge is -2.32. The smallest absolute Gasteiger partial charge is 0.355 e. The maximum Gasteiger partial charge on any atom is 0.355 e. The number of ketones is 1. The number of benzene rings is 1. The van der Waals surface area contributed by atoms with Crippen molar-refractivity contribution in [1.82, 2.24) is 5.32 Å². The molecule has 8 nitrogen and oxygen atoms in total. The molecule has 1 aromatic carbocycles. The van der Waals surface area contributed by atoms with E-state index in [1.54, 1.807) is 0 Å². The Hall–Kier alpha value is -2.13. The van der Waals surface area contributed by atoms with Gasteiger partial charge in [0.1, 0.15) is 12.4 Å². The number of nitrogens with zero attached hydrogens (tertiary/aromatic N) is 1. The summed E-state index contributed by atoms with van der Waals surface area (Å²) < 4.78 is 15.0. The van der Waals surface area contributed by atoms with E-state index in [2.05, 4.69) is 5.32 Å². The zero-order chi connectivity index (χ0) is 22.6. The van der Waals surface area contributed by atoms with Crippen molar-refractivity contribution in [2.75, 3.05) is 39.0 Å². The van der Waals surface area contributed by atoms with Crippen LogP contribution in [0.5, 0.6) is 0 Å². The Kier molecular flexibility index (Phi) is 7.87. The lowest BCUT2D eigenvalue weighted by atomic mass is 10.1. The Morgan fingerprint density at radius 3 is 2.17 bits per heavy atom. The molecule has 0 aromatic heterocycles. The summed E-state index contributed by atoms with van der Waals surface area (Å²) in [5.74, 6) is -1.72. The molecule has 2 rings (SSSR count). The van der Waals surface area contributed by atoms with E-state index in [-0.39, 0.29) is 58.2 Å². The number of carbonyl (C=O) groups is 3. The van der Waals surface area contributed by atoms with Crippen LogP contribution in [0.4, 0.5) is 5.69 Å². The number of Topliss-reactive ketones (excluding diaryl/α,β-unsaturated/α-hetero) is 1. The molecule has 0 spiro atoms. The average molecular weight is 459 g/mol. The van der Waals surface area contributed by atoms with Crippen molar-refractivity contribution in [3.63, 3.8) is 0 Å². The van der Waals surface area contributed by atoms with Crippen LogP contribution >= 0.6 is 23.2 Å². The van der Waals surface area contributed by atoms with Crippen molar-refractivity contribution in [2.24, 2.45) is 0 Å². The SMILES string of the molecule is COC(=O)C1=C(C(=O)OC)N(c2c(Cl)cc(C(=O)CNC(C)(C)C)cc2Cl)COC1. The van der Waals surface area contributed by atoms with Crippen LogP contribution in [0.15, 0.2) is 23.4 Å². The number of methoxy groups -OCH3 is 2. The molecule has 0 bridgehead atoms. The third-order valence-electron chi connectivity index (χ3n) is 4.22. The second-order valence-electron chi connectivity index (χ2n) is 7.53. The predicted molar refractivity (Wildman–Crippen MR) is 113 cm³/mol. The molecule has 0 amide bonds. The molecule has 0 unspecified atom stereocenters. The summed E-state index contributed by atoms with van der Waals surface area (Å²) in [7, 11) is 2.38. The van der Waals surface area contributed by atoms with E-state index in [4.69, 9.17) is 37.4 Å². The van der Waals surface area contributed by atoms with E-state index in [1.165, 1.54) is 31.3 Å². The maximum atomic E-state index is 12.5. The van der Waals surface area contributed by atoms with Gasteiger partial charge in [-0.3, -0.25) is 4.79 Å². The molecule has 0 aliphatic carbocycles. The van der Waals surface area contributed by atoms with Crippen LogP contribution < -0.4 is 10.2 Å². The third-order valence-corrected chi connectivity index (χ3v) is 4.80. The van der Waals surface area contributed by atoms with Crippen LogP contribution in [0.3, 0.4) is 0 Å². The molecule has 0 fully saturated rings. The number of rotatable bonds is 6. The monoisotopic (exact) mass is 458 g/mol. The molecule has 0 radical (unpaired) electrons. The number of halogens is 2. The third kappa shape index (κ3) is 5.51. The summed E-state index contributed by atoms with van der Waals surface area (Å²) in [5.41, 5.74) is 0.157.